The SMILES string of the molecule is CCC(C)N(C)CCCN(C)CCN1C(=O)c2cccc3c(-n4ccnc4)ccc(c23)C1=O. The highest BCUT2D eigenvalue weighted by atomic mass is 16.2. The average molecular weight is 448 g/mol. The molecule has 0 saturated heterocycles. The third-order valence-corrected chi connectivity index (χ3v) is 6.85. The second kappa shape index (κ2) is 9.85. The number of likely N-dealkylation sites (N-methyl/N-ethyl adjacent to an activating group) is 1. The van der Waals surface area contributed by atoms with Crippen LogP contribution in [0.5, 0.6) is 0 Å². The molecule has 33 heavy (non-hydrogen) atoms. The molecular weight excluding hydrogens is 414 g/mol. The third-order valence-electron chi connectivity index (χ3n) is 6.85. The number of imide groups is 1. The molecule has 3 aromatic rings. The Morgan fingerprint density at radius 1 is 1.00 bits per heavy atom. The molecule has 1 aliphatic heterocycles. The van der Waals surface area contributed by atoms with Gasteiger partial charge in [0, 0.05) is 53.4 Å². The Balaban J connectivity index is 1.47. The molecule has 0 N–H and O–H groups in total. The van der Waals surface area contributed by atoms with Crippen LogP contribution in [0.1, 0.15) is 47.4 Å². The van der Waals surface area contributed by atoms with E-state index in [4.69, 9.17) is 0 Å². The predicted molar refractivity (Wildman–Crippen MR) is 131 cm³/mol. The monoisotopic (exact) mass is 447 g/mol. The van der Waals surface area contributed by atoms with Gasteiger partial charge < -0.3 is 14.4 Å². The topological polar surface area (TPSA) is 61.7 Å². The van der Waals surface area contributed by atoms with Crippen LogP contribution < -0.4 is 0 Å². The van der Waals surface area contributed by atoms with Crippen LogP contribution in [0.3, 0.4) is 0 Å². The Labute approximate surface area is 195 Å². The van der Waals surface area contributed by atoms with Gasteiger partial charge in [-0.1, -0.05) is 19.1 Å². The van der Waals surface area contributed by atoms with Gasteiger partial charge in [0.1, 0.15) is 0 Å². The maximum absolute atomic E-state index is 13.3. The summed E-state index contributed by atoms with van der Waals surface area (Å²) in [5, 5.41) is 1.61. The molecule has 0 fully saturated rings. The van der Waals surface area contributed by atoms with Crippen LogP contribution in [0.25, 0.3) is 16.5 Å². The molecule has 1 unspecified atom stereocenters. The number of imidazole rings is 1. The van der Waals surface area contributed by atoms with Crippen LogP contribution in [0.15, 0.2) is 49.1 Å². The summed E-state index contributed by atoms with van der Waals surface area (Å²) in [4.78, 5) is 36.7. The Hall–Kier alpha value is -3.03. The lowest BCUT2D eigenvalue weighted by Crippen LogP contribution is -2.44. The molecule has 0 saturated carbocycles. The standard InChI is InChI=1S/C26H33N5O2/c1-5-19(2)29(4)14-7-13-28(3)16-17-31-25(32)21-9-6-8-20-23(30-15-12-27-18-30)11-10-22(24(20)21)26(31)33/h6,8-12,15,18-19H,5,7,13-14,16-17H2,1-4H3. The highest BCUT2D eigenvalue weighted by molar-refractivity contribution is 6.26. The van der Waals surface area contributed by atoms with Crippen LogP contribution >= 0.6 is 0 Å². The zero-order valence-corrected chi connectivity index (χ0v) is 20.0. The molecular formula is C26H33N5O2. The van der Waals surface area contributed by atoms with Gasteiger partial charge >= 0.3 is 0 Å². The summed E-state index contributed by atoms with van der Waals surface area (Å²) < 4.78 is 1.90. The minimum absolute atomic E-state index is 0.217. The highest BCUT2D eigenvalue weighted by Gasteiger charge is 2.33. The van der Waals surface area contributed by atoms with Crippen LogP contribution in [0.4, 0.5) is 0 Å². The zero-order valence-electron chi connectivity index (χ0n) is 20.0. The molecule has 0 bridgehead atoms. The third kappa shape index (κ3) is 4.56. The first-order valence-electron chi connectivity index (χ1n) is 11.7. The van der Waals surface area contributed by atoms with Crippen molar-refractivity contribution in [3.63, 3.8) is 0 Å². The number of aromatic nitrogens is 2. The molecule has 174 valence electrons. The van der Waals surface area contributed by atoms with E-state index >= 15 is 0 Å². The van der Waals surface area contributed by atoms with E-state index < -0.39 is 0 Å². The van der Waals surface area contributed by atoms with Crippen molar-refractivity contribution < 1.29 is 9.59 Å². The lowest BCUT2D eigenvalue weighted by Gasteiger charge is -2.29. The molecule has 7 nitrogen and oxygen atoms in total. The Kier molecular flexibility index (Phi) is 6.91. The molecule has 1 aromatic heterocycles. The van der Waals surface area contributed by atoms with Gasteiger partial charge in [0.25, 0.3) is 11.8 Å². The van der Waals surface area contributed by atoms with E-state index in [1.807, 2.05) is 48.1 Å². The first-order chi connectivity index (χ1) is 15.9. The van der Waals surface area contributed by atoms with Crippen LogP contribution in [-0.4, -0.2) is 82.4 Å². The highest BCUT2D eigenvalue weighted by Crippen LogP contribution is 2.33. The lowest BCUT2D eigenvalue weighted by atomic mass is 9.93. The summed E-state index contributed by atoms with van der Waals surface area (Å²) in [6.45, 7) is 7.45. The minimum Gasteiger partial charge on any atom is -0.306 e. The van der Waals surface area contributed by atoms with Gasteiger partial charge in [-0.05, 0) is 65.1 Å². The van der Waals surface area contributed by atoms with Crippen molar-refractivity contribution in [3.05, 3.63) is 60.2 Å². The fourth-order valence-corrected chi connectivity index (χ4v) is 4.47. The molecule has 7 heteroatoms. The average Bonchev–Trinajstić information content (AvgIpc) is 3.36. The number of nitrogens with zero attached hydrogens (tertiary/aromatic N) is 5. The van der Waals surface area contributed by atoms with E-state index in [1.165, 1.54) is 4.90 Å². The van der Waals surface area contributed by atoms with Gasteiger partial charge in [-0.15, -0.1) is 0 Å². The summed E-state index contributed by atoms with van der Waals surface area (Å²) in [6, 6.07) is 9.99. The second-order valence-electron chi connectivity index (χ2n) is 8.99. The van der Waals surface area contributed by atoms with E-state index in [1.54, 1.807) is 12.5 Å². The van der Waals surface area contributed by atoms with E-state index in [0.717, 1.165) is 42.4 Å². The van der Waals surface area contributed by atoms with Gasteiger partial charge in [-0.2, -0.15) is 0 Å². The molecule has 0 aliphatic carbocycles. The van der Waals surface area contributed by atoms with Gasteiger partial charge in [-0.25, -0.2) is 4.98 Å². The first-order valence-corrected chi connectivity index (χ1v) is 11.7. The smallest absolute Gasteiger partial charge is 0.261 e. The van der Waals surface area contributed by atoms with E-state index in [9.17, 15) is 9.59 Å². The molecule has 0 radical (unpaired) electrons. The normalized spacial score (nSPS) is 14.7. The van der Waals surface area contributed by atoms with Crippen molar-refractivity contribution in [2.24, 2.45) is 0 Å². The quantitative estimate of drug-likeness (QED) is 0.444. The fourth-order valence-electron chi connectivity index (χ4n) is 4.47. The van der Waals surface area contributed by atoms with Gasteiger partial charge in [-0.3, -0.25) is 14.5 Å². The number of hydrogen-bond acceptors (Lipinski definition) is 5. The number of carbonyl (C=O) groups excluding carboxylic acids is 2. The summed E-state index contributed by atoms with van der Waals surface area (Å²) in [5.74, 6) is -0.434. The zero-order chi connectivity index (χ0) is 23.5. The van der Waals surface area contributed by atoms with Gasteiger partial charge in [0.15, 0.2) is 0 Å². The van der Waals surface area contributed by atoms with E-state index in [2.05, 4.69) is 35.7 Å². The van der Waals surface area contributed by atoms with Crippen LogP contribution in [-0.2, 0) is 0 Å². The van der Waals surface area contributed by atoms with Crippen LogP contribution in [0.2, 0.25) is 0 Å². The van der Waals surface area contributed by atoms with Crippen molar-refractivity contribution in [2.75, 3.05) is 40.3 Å². The summed E-state index contributed by atoms with van der Waals surface area (Å²) in [6.07, 6.45) is 7.49. The van der Waals surface area contributed by atoms with Crippen molar-refractivity contribution in [1.29, 1.82) is 0 Å². The second-order valence-corrected chi connectivity index (χ2v) is 8.99. The molecule has 1 atom stereocenters. The fraction of sp³-hybridized carbons (Fsp3) is 0.423. The largest absolute Gasteiger partial charge is 0.306 e. The van der Waals surface area contributed by atoms with Crippen molar-refractivity contribution >= 4 is 22.6 Å². The lowest BCUT2D eigenvalue weighted by molar-refractivity contribution is 0.0596. The number of amides is 2. The van der Waals surface area contributed by atoms with Gasteiger partial charge in [0.05, 0.1) is 12.0 Å². The molecule has 4 rings (SSSR count). The van der Waals surface area contributed by atoms with Crippen molar-refractivity contribution in [2.45, 2.75) is 32.7 Å². The molecule has 2 heterocycles. The van der Waals surface area contributed by atoms with E-state index in [0.29, 0.717) is 30.3 Å². The summed E-state index contributed by atoms with van der Waals surface area (Å²) in [5.41, 5.74) is 2.08. The number of rotatable bonds is 10. The first kappa shape index (κ1) is 23.1. The van der Waals surface area contributed by atoms with Crippen LogP contribution in [0, 0.1) is 0 Å². The number of hydrogen-bond donors (Lipinski definition) is 0. The minimum atomic E-state index is -0.217. The molecule has 1 aliphatic rings. The maximum Gasteiger partial charge on any atom is 0.261 e. The molecule has 2 aromatic carbocycles. The number of benzene rings is 2. The molecule has 2 amide bonds. The Morgan fingerprint density at radius 2 is 1.76 bits per heavy atom. The predicted octanol–water partition coefficient (Wildman–Crippen LogP) is 3.67. The summed E-state index contributed by atoms with van der Waals surface area (Å²) in [7, 11) is 4.21. The van der Waals surface area contributed by atoms with Gasteiger partial charge in [0.2, 0.25) is 0 Å². The molecule has 0 spiro atoms. The number of carbonyl (C=O) groups is 2. The van der Waals surface area contributed by atoms with Crippen molar-refractivity contribution in [3.8, 4) is 5.69 Å². The van der Waals surface area contributed by atoms with Crippen molar-refractivity contribution in [1.82, 2.24) is 24.3 Å². The summed E-state index contributed by atoms with van der Waals surface area (Å²) >= 11 is 0. The van der Waals surface area contributed by atoms with E-state index in [-0.39, 0.29) is 11.8 Å². The Bertz CT molecular complexity index is 1120. The Morgan fingerprint density at radius 3 is 2.45 bits per heavy atom. The maximum atomic E-state index is 13.3.